The van der Waals surface area contributed by atoms with Gasteiger partial charge >= 0.3 is 88.7 Å². The van der Waals surface area contributed by atoms with Crippen LogP contribution >= 0.6 is 11.6 Å². The van der Waals surface area contributed by atoms with Crippen LogP contribution in [0.25, 0.3) is 0 Å². The summed E-state index contributed by atoms with van der Waals surface area (Å²) in [4.78, 5) is 0.783. The van der Waals surface area contributed by atoms with Crippen molar-refractivity contribution in [3.8, 4) is 0 Å². The standard InChI is InChI=1S/C34H37ClN2O12S4.3Na/c1-32(2)24-16-20(52(44,45)46)6-9-27(24)36(11-13-50(38,39)40)30(32)23-15-19-5-8-22(23)29(35)34(19)18-26(34)31-33(3,4)25-17-21(53(47,48)49)7-10-28(25)37(31)12-14-51(41,42)43;;;/h6-7,9-10,15-17,19H,5,8,11-14,18H2,1-4H3,(H3-,38,39,40,41,42,43,44,45,46,47,48,49);;;/q;3*+1/p-3. The van der Waals surface area contributed by atoms with Gasteiger partial charge in [0.1, 0.15) is 30.4 Å². The van der Waals surface area contributed by atoms with Crippen molar-refractivity contribution in [2.24, 2.45) is 11.3 Å². The summed E-state index contributed by atoms with van der Waals surface area (Å²) in [6.07, 6.45) is 3.66. The third kappa shape index (κ3) is 8.22. The zero-order chi connectivity index (χ0) is 39.1. The number of hydrogen-bond donors (Lipinski definition) is 0. The molecule has 286 valence electrons. The number of halogens is 1. The van der Waals surface area contributed by atoms with Crippen molar-refractivity contribution in [3.63, 3.8) is 0 Å². The molecular weight excluding hydrogens is 861 g/mol. The van der Waals surface area contributed by atoms with Gasteiger partial charge in [-0.05, 0) is 86.1 Å². The molecular formula is C34H34ClN2Na3O12S4. The first-order valence-electron chi connectivity index (χ1n) is 16.6. The largest absolute Gasteiger partial charge is 1.00 e. The molecule has 0 N–H and O–H groups in total. The summed E-state index contributed by atoms with van der Waals surface area (Å²) in [7, 11) is -19.0. The Bertz CT molecular complexity index is 2640. The SMILES string of the molecule is CC1(C)C(=C2CC23C(Cl)=C2CCC3C=C2C2=[N+](CCS(=O)(=O)[O-])c3ccc(S(=O)(=O)[O-])cc3C2(C)C)N(CCS(=O)(=O)[O-])c2ccc(S(=O)(=O)[O-])cc21.[Na+].[Na+].[Na+]. The molecule has 2 bridgehead atoms. The van der Waals surface area contributed by atoms with Crippen molar-refractivity contribution in [2.75, 3.05) is 29.5 Å². The van der Waals surface area contributed by atoms with E-state index in [1.165, 1.54) is 24.3 Å². The molecule has 0 aromatic heterocycles. The van der Waals surface area contributed by atoms with Gasteiger partial charge in [0, 0.05) is 51.0 Å². The van der Waals surface area contributed by atoms with Crippen LogP contribution in [0.4, 0.5) is 11.4 Å². The Morgan fingerprint density at radius 3 is 1.88 bits per heavy atom. The van der Waals surface area contributed by atoms with Gasteiger partial charge in [-0.3, -0.25) is 0 Å². The molecule has 1 spiro atoms. The van der Waals surface area contributed by atoms with E-state index in [0.717, 1.165) is 23.3 Å². The van der Waals surface area contributed by atoms with E-state index in [2.05, 4.69) is 0 Å². The molecule has 8 rings (SSSR count). The van der Waals surface area contributed by atoms with Crippen LogP contribution in [0.2, 0.25) is 0 Å². The zero-order valence-electron chi connectivity index (χ0n) is 31.9. The minimum Gasteiger partial charge on any atom is -0.748 e. The summed E-state index contributed by atoms with van der Waals surface area (Å²) < 4.78 is 145. The molecule has 0 amide bonds. The number of allylic oxidation sites excluding steroid dienone is 6. The van der Waals surface area contributed by atoms with E-state index in [1.807, 2.05) is 33.8 Å². The monoisotopic (exact) mass is 894 g/mol. The van der Waals surface area contributed by atoms with Crippen molar-refractivity contribution in [3.05, 3.63) is 81.0 Å². The molecule has 1 saturated carbocycles. The van der Waals surface area contributed by atoms with E-state index in [-0.39, 0.29) is 108 Å². The summed E-state index contributed by atoms with van der Waals surface area (Å²) in [6, 6.07) is 7.70. The third-order valence-electron chi connectivity index (χ3n) is 11.4. The number of anilines is 1. The maximum Gasteiger partial charge on any atom is 1.00 e. The number of benzene rings is 2. The molecule has 0 saturated heterocycles. The third-order valence-corrected chi connectivity index (χ3v) is 15.0. The van der Waals surface area contributed by atoms with Crippen LogP contribution in [0.1, 0.15) is 58.1 Å². The second kappa shape index (κ2) is 15.8. The van der Waals surface area contributed by atoms with E-state index in [4.69, 9.17) is 11.6 Å². The fourth-order valence-electron chi connectivity index (χ4n) is 9.06. The second-order valence-electron chi connectivity index (χ2n) is 15.2. The topological polar surface area (TPSA) is 235 Å². The number of nitrogens with zero attached hydrogens (tertiary/aromatic N) is 2. The fourth-order valence-corrected chi connectivity index (χ4v) is 11.4. The van der Waals surface area contributed by atoms with E-state index in [0.29, 0.717) is 63.8 Å². The fraction of sp³-hybridized carbons (Fsp3) is 0.441. The minimum atomic E-state index is -4.84. The molecule has 22 heteroatoms. The second-order valence-corrected chi connectivity index (χ2v) is 21.4. The Kier molecular flexibility index (Phi) is 13.7. The van der Waals surface area contributed by atoms with Crippen LogP contribution in [-0.4, -0.2) is 86.8 Å². The number of rotatable bonds is 9. The molecule has 6 aliphatic rings. The number of fused-ring (bicyclic) bond motifs is 3. The molecule has 56 heavy (non-hydrogen) atoms. The molecule has 2 unspecified atom stereocenters. The molecule has 2 aliphatic heterocycles. The normalized spacial score (nSPS) is 24.6. The van der Waals surface area contributed by atoms with Gasteiger partial charge in [0.05, 0.1) is 36.8 Å². The Hall–Kier alpha value is 0.0600. The smallest absolute Gasteiger partial charge is 0.748 e. The molecule has 4 aliphatic carbocycles. The molecule has 2 heterocycles. The predicted octanol–water partition coefficient (Wildman–Crippen LogP) is -5.74. The first-order chi connectivity index (χ1) is 24.2. The summed E-state index contributed by atoms with van der Waals surface area (Å²) in [5, 5.41) is 0.498. The van der Waals surface area contributed by atoms with E-state index < -0.39 is 78.0 Å². The van der Waals surface area contributed by atoms with Crippen LogP contribution in [0, 0.1) is 11.3 Å². The van der Waals surface area contributed by atoms with E-state index in [1.54, 1.807) is 9.48 Å². The van der Waals surface area contributed by atoms with Crippen LogP contribution in [0.15, 0.2) is 79.7 Å². The average Bonchev–Trinajstić information content (AvgIpc) is 3.63. The Morgan fingerprint density at radius 2 is 1.34 bits per heavy atom. The van der Waals surface area contributed by atoms with Crippen molar-refractivity contribution in [1.82, 2.24) is 0 Å². The van der Waals surface area contributed by atoms with Gasteiger partial charge in [-0.25, -0.2) is 33.7 Å². The molecule has 2 aromatic carbocycles. The summed E-state index contributed by atoms with van der Waals surface area (Å²) >= 11 is 7.41. The van der Waals surface area contributed by atoms with Crippen molar-refractivity contribution < 1.29 is 145 Å². The predicted molar refractivity (Wildman–Crippen MR) is 189 cm³/mol. The van der Waals surface area contributed by atoms with Gasteiger partial charge in [0.25, 0.3) is 0 Å². The van der Waals surface area contributed by atoms with Crippen LogP contribution in [0.3, 0.4) is 0 Å². The van der Waals surface area contributed by atoms with Crippen molar-refractivity contribution >= 4 is 69.2 Å². The molecule has 1 fully saturated rings. The molecule has 0 radical (unpaired) electrons. The van der Waals surface area contributed by atoms with Crippen LogP contribution in [-0.2, 0) is 51.3 Å². The zero-order valence-corrected chi connectivity index (χ0v) is 41.9. The van der Waals surface area contributed by atoms with E-state index in [9.17, 15) is 51.9 Å². The Labute approximate surface area is 398 Å². The van der Waals surface area contributed by atoms with Gasteiger partial charge in [0.15, 0.2) is 12.3 Å². The molecule has 2 atom stereocenters. The van der Waals surface area contributed by atoms with Crippen molar-refractivity contribution in [1.29, 1.82) is 0 Å². The quantitative estimate of drug-likeness (QED) is 0.130. The van der Waals surface area contributed by atoms with Gasteiger partial charge in [-0.1, -0.05) is 31.5 Å². The average molecular weight is 895 g/mol. The first-order valence-corrected chi connectivity index (χ1v) is 22.9. The summed E-state index contributed by atoms with van der Waals surface area (Å²) in [5.74, 6) is -1.73. The van der Waals surface area contributed by atoms with Crippen LogP contribution in [0.5, 0.6) is 0 Å². The minimum absolute atomic E-state index is 0. The van der Waals surface area contributed by atoms with Crippen molar-refractivity contribution in [2.45, 2.75) is 67.6 Å². The van der Waals surface area contributed by atoms with Gasteiger partial charge < -0.3 is 23.1 Å². The van der Waals surface area contributed by atoms with Gasteiger partial charge in [-0.15, -0.1) is 0 Å². The first kappa shape index (κ1) is 48.7. The van der Waals surface area contributed by atoms with Crippen LogP contribution < -0.4 is 93.6 Å². The Morgan fingerprint density at radius 1 is 0.786 bits per heavy atom. The molecule has 2 aromatic rings. The van der Waals surface area contributed by atoms with Gasteiger partial charge in [0.2, 0.25) is 5.69 Å². The summed E-state index contributed by atoms with van der Waals surface area (Å²) in [6.45, 7) is 6.78. The summed E-state index contributed by atoms with van der Waals surface area (Å²) in [5.41, 5.74) is 2.67. The Balaban J connectivity index is 0.00000232. The van der Waals surface area contributed by atoms with E-state index >= 15 is 0 Å². The number of hydrogen-bond acceptors (Lipinski definition) is 13. The maximum atomic E-state index is 12.0. The van der Waals surface area contributed by atoms with Gasteiger partial charge in [-0.2, -0.15) is 4.58 Å². The molecule has 14 nitrogen and oxygen atoms in total. The maximum absolute atomic E-state index is 12.0.